The second-order valence-corrected chi connectivity index (χ2v) is 7.62. The van der Waals surface area contributed by atoms with E-state index in [-0.39, 0.29) is 27.5 Å². The third-order valence-electron chi connectivity index (χ3n) is 3.02. The first-order valence-electron chi connectivity index (χ1n) is 6.43. The fraction of sp³-hybridized carbons (Fsp3) is 0.538. The number of hydrogen-bond acceptors (Lipinski definition) is 5. The van der Waals surface area contributed by atoms with Crippen LogP contribution in [0.15, 0.2) is 23.2 Å². The Morgan fingerprint density at radius 2 is 2.19 bits per heavy atom. The minimum absolute atomic E-state index is 0.0000384. The SMILES string of the molecule is COCCC(C)(C)CNS(=O)(=O)c1cccnc1C(N)=S. The van der Waals surface area contributed by atoms with Crippen molar-refractivity contribution in [3.05, 3.63) is 24.0 Å². The fourth-order valence-corrected chi connectivity index (χ4v) is 3.27. The molecule has 0 aromatic carbocycles. The zero-order chi connectivity index (χ0) is 16.1. The number of nitrogens with one attached hydrogen (secondary N) is 1. The smallest absolute Gasteiger partial charge is 0.242 e. The molecule has 0 aliphatic heterocycles. The summed E-state index contributed by atoms with van der Waals surface area (Å²) in [5.41, 5.74) is 5.40. The normalized spacial score (nSPS) is 12.3. The number of nitrogens with zero attached hydrogens (tertiary/aromatic N) is 1. The lowest BCUT2D eigenvalue weighted by molar-refractivity contribution is 0.153. The number of pyridine rings is 1. The zero-order valence-corrected chi connectivity index (χ0v) is 14.1. The minimum Gasteiger partial charge on any atom is -0.388 e. The van der Waals surface area contributed by atoms with Crippen LogP contribution < -0.4 is 10.5 Å². The highest BCUT2D eigenvalue weighted by atomic mass is 32.2. The monoisotopic (exact) mass is 331 g/mol. The van der Waals surface area contributed by atoms with Gasteiger partial charge in [-0.3, -0.25) is 4.98 Å². The van der Waals surface area contributed by atoms with Gasteiger partial charge in [-0.25, -0.2) is 13.1 Å². The van der Waals surface area contributed by atoms with Crippen molar-refractivity contribution in [3.8, 4) is 0 Å². The first-order valence-corrected chi connectivity index (χ1v) is 8.32. The van der Waals surface area contributed by atoms with E-state index in [1.165, 1.54) is 18.3 Å². The number of methoxy groups -OCH3 is 1. The third kappa shape index (κ3) is 5.31. The Bertz CT molecular complexity index is 600. The number of rotatable bonds is 8. The van der Waals surface area contributed by atoms with Gasteiger partial charge in [0.15, 0.2) is 0 Å². The number of thiocarbonyl (C=S) groups is 1. The summed E-state index contributed by atoms with van der Waals surface area (Å²) in [6, 6.07) is 2.97. The molecule has 118 valence electrons. The van der Waals surface area contributed by atoms with Gasteiger partial charge in [-0.1, -0.05) is 26.1 Å². The molecule has 0 radical (unpaired) electrons. The molecule has 21 heavy (non-hydrogen) atoms. The summed E-state index contributed by atoms with van der Waals surface area (Å²) >= 11 is 4.84. The first kappa shape index (κ1) is 18.0. The summed E-state index contributed by atoms with van der Waals surface area (Å²) in [5, 5.41) is 0. The molecule has 1 heterocycles. The molecular formula is C13H21N3O3S2. The molecule has 0 aliphatic carbocycles. The van der Waals surface area contributed by atoms with Gasteiger partial charge in [0.25, 0.3) is 0 Å². The Hall–Kier alpha value is -1.09. The Kier molecular flexibility index (Phi) is 6.21. The van der Waals surface area contributed by atoms with Gasteiger partial charge in [0.05, 0.1) is 0 Å². The highest BCUT2D eigenvalue weighted by molar-refractivity contribution is 7.89. The first-order chi connectivity index (χ1) is 9.69. The molecule has 0 bridgehead atoms. The van der Waals surface area contributed by atoms with Crippen molar-refractivity contribution >= 4 is 27.2 Å². The van der Waals surface area contributed by atoms with Crippen LogP contribution >= 0.6 is 12.2 Å². The van der Waals surface area contributed by atoms with Gasteiger partial charge in [0, 0.05) is 26.5 Å². The third-order valence-corrected chi connectivity index (χ3v) is 4.64. The van der Waals surface area contributed by atoms with Crippen molar-refractivity contribution in [1.82, 2.24) is 9.71 Å². The number of nitrogens with two attached hydrogens (primary N) is 1. The van der Waals surface area contributed by atoms with Crippen LogP contribution in [0.5, 0.6) is 0 Å². The van der Waals surface area contributed by atoms with E-state index < -0.39 is 10.0 Å². The van der Waals surface area contributed by atoms with E-state index in [0.717, 1.165) is 6.42 Å². The standard InChI is InChI=1S/C13H21N3O3S2/c1-13(2,6-8-19-3)9-16-21(17,18)10-5-4-7-15-11(10)12(14)20/h4-5,7,16H,6,8-9H2,1-3H3,(H2,14,20). The number of sulfonamides is 1. The van der Waals surface area contributed by atoms with E-state index in [2.05, 4.69) is 9.71 Å². The zero-order valence-electron chi connectivity index (χ0n) is 12.4. The summed E-state index contributed by atoms with van der Waals surface area (Å²) in [7, 11) is -2.10. The predicted molar refractivity (Wildman–Crippen MR) is 85.6 cm³/mol. The molecule has 1 rings (SSSR count). The van der Waals surface area contributed by atoms with Gasteiger partial charge in [-0.05, 0) is 24.0 Å². The second kappa shape index (κ2) is 7.26. The topological polar surface area (TPSA) is 94.3 Å². The van der Waals surface area contributed by atoms with E-state index in [1.807, 2.05) is 13.8 Å². The molecule has 6 nitrogen and oxygen atoms in total. The Morgan fingerprint density at radius 1 is 1.52 bits per heavy atom. The molecule has 0 saturated carbocycles. The lowest BCUT2D eigenvalue weighted by Crippen LogP contribution is -2.35. The molecule has 0 amide bonds. The van der Waals surface area contributed by atoms with Crippen molar-refractivity contribution < 1.29 is 13.2 Å². The van der Waals surface area contributed by atoms with Crippen molar-refractivity contribution in [2.45, 2.75) is 25.2 Å². The lowest BCUT2D eigenvalue weighted by Gasteiger charge is -2.24. The Labute approximate surface area is 131 Å². The molecule has 0 fully saturated rings. The number of aromatic nitrogens is 1. The average molecular weight is 331 g/mol. The van der Waals surface area contributed by atoms with E-state index in [4.69, 9.17) is 22.7 Å². The van der Waals surface area contributed by atoms with Crippen LogP contribution in [0.3, 0.4) is 0 Å². The van der Waals surface area contributed by atoms with Gasteiger partial charge in [0.1, 0.15) is 15.6 Å². The summed E-state index contributed by atoms with van der Waals surface area (Å²) in [4.78, 5) is 3.89. The van der Waals surface area contributed by atoms with Crippen molar-refractivity contribution in [2.24, 2.45) is 11.1 Å². The lowest BCUT2D eigenvalue weighted by atomic mass is 9.90. The van der Waals surface area contributed by atoms with Crippen LogP contribution in [0.2, 0.25) is 0 Å². The molecule has 1 aromatic rings. The van der Waals surface area contributed by atoms with E-state index in [9.17, 15) is 8.42 Å². The van der Waals surface area contributed by atoms with Crippen LogP contribution in [0, 0.1) is 5.41 Å². The Balaban J connectivity index is 2.91. The molecule has 0 atom stereocenters. The van der Waals surface area contributed by atoms with Crippen molar-refractivity contribution in [3.63, 3.8) is 0 Å². The van der Waals surface area contributed by atoms with Gasteiger partial charge < -0.3 is 10.5 Å². The second-order valence-electron chi connectivity index (χ2n) is 5.45. The minimum atomic E-state index is -3.71. The predicted octanol–water partition coefficient (Wildman–Crippen LogP) is 1.06. The highest BCUT2D eigenvalue weighted by Gasteiger charge is 2.25. The maximum Gasteiger partial charge on any atom is 0.242 e. The van der Waals surface area contributed by atoms with Gasteiger partial charge in [-0.15, -0.1) is 0 Å². The summed E-state index contributed by atoms with van der Waals surface area (Å²) in [5.74, 6) is 0. The highest BCUT2D eigenvalue weighted by Crippen LogP contribution is 2.20. The van der Waals surface area contributed by atoms with Gasteiger partial charge in [0.2, 0.25) is 10.0 Å². The molecule has 0 unspecified atom stereocenters. The Morgan fingerprint density at radius 3 is 2.76 bits per heavy atom. The van der Waals surface area contributed by atoms with E-state index in [1.54, 1.807) is 7.11 Å². The molecule has 0 aliphatic rings. The summed E-state index contributed by atoms with van der Waals surface area (Å²) < 4.78 is 32.4. The van der Waals surface area contributed by atoms with Crippen LogP contribution in [-0.4, -0.2) is 38.7 Å². The van der Waals surface area contributed by atoms with E-state index in [0.29, 0.717) is 6.61 Å². The van der Waals surface area contributed by atoms with Crippen LogP contribution in [0.25, 0.3) is 0 Å². The summed E-state index contributed by atoms with van der Waals surface area (Å²) in [6.45, 7) is 4.78. The van der Waals surface area contributed by atoms with Crippen LogP contribution in [0.4, 0.5) is 0 Å². The van der Waals surface area contributed by atoms with Gasteiger partial charge >= 0.3 is 0 Å². The molecule has 3 N–H and O–H groups in total. The van der Waals surface area contributed by atoms with Gasteiger partial charge in [-0.2, -0.15) is 0 Å². The molecular weight excluding hydrogens is 310 g/mol. The van der Waals surface area contributed by atoms with E-state index >= 15 is 0 Å². The van der Waals surface area contributed by atoms with Crippen LogP contribution in [-0.2, 0) is 14.8 Å². The number of hydrogen-bond donors (Lipinski definition) is 2. The van der Waals surface area contributed by atoms with Crippen molar-refractivity contribution in [1.29, 1.82) is 0 Å². The molecule has 0 saturated heterocycles. The summed E-state index contributed by atoms with van der Waals surface area (Å²) in [6.07, 6.45) is 2.19. The maximum atomic E-state index is 12.4. The van der Waals surface area contributed by atoms with Crippen LogP contribution in [0.1, 0.15) is 26.0 Å². The molecule has 1 aromatic heterocycles. The molecule has 8 heteroatoms. The fourth-order valence-electron chi connectivity index (χ4n) is 1.63. The quantitative estimate of drug-likeness (QED) is 0.692. The number of ether oxygens (including phenoxy) is 1. The molecule has 0 spiro atoms. The van der Waals surface area contributed by atoms with Crippen molar-refractivity contribution in [2.75, 3.05) is 20.3 Å². The average Bonchev–Trinajstić information content (AvgIpc) is 2.43. The largest absolute Gasteiger partial charge is 0.388 e. The maximum absolute atomic E-state index is 12.4.